The van der Waals surface area contributed by atoms with Crippen LogP contribution in [-0.4, -0.2) is 16.6 Å². The molecule has 1 heterocycles. The SMILES string of the molecule is CCc1ccc(-c2ccc(Cl)nc2)cc1C1C(=O)CCCC1=O. The summed E-state index contributed by atoms with van der Waals surface area (Å²) in [6, 6.07) is 9.61. The Labute approximate surface area is 140 Å². The van der Waals surface area contributed by atoms with Crippen LogP contribution in [0.5, 0.6) is 0 Å². The quantitative estimate of drug-likeness (QED) is 0.621. The van der Waals surface area contributed by atoms with Crippen molar-refractivity contribution in [3.63, 3.8) is 0 Å². The molecule has 1 fully saturated rings. The van der Waals surface area contributed by atoms with Gasteiger partial charge >= 0.3 is 0 Å². The summed E-state index contributed by atoms with van der Waals surface area (Å²) in [6.45, 7) is 2.04. The fraction of sp³-hybridized carbons (Fsp3) is 0.316. The number of halogens is 1. The molecule has 4 heteroatoms. The maximum Gasteiger partial charge on any atom is 0.147 e. The van der Waals surface area contributed by atoms with Gasteiger partial charge in [-0.05, 0) is 47.7 Å². The second kappa shape index (κ2) is 6.63. The maximum atomic E-state index is 12.3. The number of Topliss-reactive ketones (excluding diaryl/α,β-unsaturated/α-hetero) is 2. The minimum Gasteiger partial charge on any atom is -0.299 e. The largest absolute Gasteiger partial charge is 0.299 e. The number of nitrogens with zero attached hydrogens (tertiary/aromatic N) is 1. The minimum atomic E-state index is -0.598. The Hall–Kier alpha value is -2.00. The molecule has 1 aliphatic carbocycles. The molecule has 1 saturated carbocycles. The first-order valence-corrected chi connectivity index (χ1v) is 8.28. The standard InChI is InChI=1S/C19H18ClNO2/c1-2-12-6-7-13(14-8-9-18(20)21-11-14)10-15(12)19-16(22)4-3-5-17(19)23/h6-11,19H,2-5H2,1H3. The van der Waals surface area contributed by atoms with Crippen LogP contribution in [0.1, 0.15) is 43.2 Å². The number of hydrogen-bond acceptors (Lipinski definition) is 3. The molecule has 0 unspecified atom stereocenters. The average Bonchev–Trinajstić information content (AvgIpc) is 2.55. The smallest absolute Gasteiger partial charge is 0.147 e. The second-order valence-corrected chi connectivity index (χ2v) is 6.24. The van der Waals surface area contributed by atoms with Crippen LogP contribution in [0.2, 0.25) is 5.15 Å². The molecule has 0 saturated heterocycles. The summed E-state index contributed by atoms with van der Waals surface area (Å²) in [6.07, 6.45) is 4.16. The number of aryl methyl sites for hydroxylation is 1. The van der Waals surface area contributed by atoms with Gasteiger partial charge in [0.15, 0.2) is 0 Å². The summed E-state index contributed by atoms with van der Waals surface area (Å²) in [5.41, 5.74) is 3.79. The number of benzene rings is 1. The molecular formula is C19H18ClNO2. The van der Waals surface area contributed by atoms with E-state index in [2.05, 4.69) is 4.98 Å². The lowest BCUT2D eigenvalue weighted by atomic mass is 9.79. The van der Waals surface area contributed by atoms with Crippen molar-refractivity contribution in [2.24, 2.45) is 0 Å². The van der Waals surface area contributed by atoms with Crippen molar-refractivity contribution >= 4 is 23.2 Å². The molecule has 1 aromatic carbocycles. The number of aromatic nitrogens is 1. The molecule has 1 aliphatic rings. The molecule has 2 aromatic rings. The Bertz CT molecular complexity index is 736. The van der Waals surface area contributed by atoms with Gasteiger partial charge in [-0.3, -0.25) is 9.59 Å². The number of carbonyl (C=O) groups excluding carboxylic acids is 2. The second-order valence-electron chi connectivity index (χ2n) is 5.86. The van der Waals surface area contributed by atoms with E-state index in [0.29, 0.717) is 24.4 Å². The predicted octanol–water partition coefficient (Wildman–Crippen LogP) is 4.37. The monoisotopic (exact) mass is 327 g/mol. The van der Waals surface area contributed by atoms with E-state index in [1.54, 1.807) is 12.3 Å². The number of ketones is 2. The molecule has 0 aliphatic heterocycles. The zero-order chi connectivity index (χ0) is 16.4. The van der Waals surface area contributed by atoms with Crippen LogP contribution in [0.15, 0.2) is 36.5 Å². The molecule has 0 radical (unpaired) electrons. The summed E-state index contributed by atoms with van der Waals surface area (Å²) in [4.78, 5) is 28.7. The highest BCUT2D eigenvalue weighted by Crippen LogP contribution is 2.33. The number of pyridine rings is 1. The Morgan fingerprint density at radius 2 is 1.78 bits per heavy atom. The fourth-order valence-electron chi connectivity index (χ4n) is 3.16. The van der Waals surface area contributed by atoms with E-state index >= 15 is 0 Å². The van der Waals surface area contributed by atoms with Crippen LogP contribution in [0, 0.1) is 0 Å². The van der Waals surface area contributed by atoms with Gasteiger partial charge in [-0.25, -0.2) is 4.98 Å². The fourth-order valence-corrected chi connectivity index (χ4v) is 3.28. The predicted molar refractivity (Wildman–Crippen MR) is 90.7 cm³/mol. The van der Waals surface area contributed by atoms with Crippen LogP contribution in [-0.2, 0) is 16.0 Å². The van der Waals surface area contributed by atoms with Crippen molar-refractivity contribution in [3.8, 4) is 11.1 Å². The van der Waals surface area contributed by atoms with Crippen LogP contribution in [0.25, 0.3) is 11.1 Å². The molecule has 118 valence electrons. The van der Waals surface area contributed by atoms with Crippen LogP contribution in [0.3, 0.4) is 0 Å². The van der Waals surface area contributed by atoms with Gasteiger partial charge in [-0.2, -0.15) is 0 Å². The molecule has 3 nitrogen and oxygen atoms in total. The summed E-state index contributed by atoms with van der Waals surface area (Å²) < 4.78 is 0. The van der Waals surface area contributed by atoms with Gasteiger partial charge in [-0.15, -0.1) is 0 Å². The highest BCUT2D eigenvalue weighted by molar-refractivity contribution is 6.29. The van der Waals surface area contributed by atoms with E-state index in [9.17, 15) is 9.59 Å². The first-order valence-electron chi connectivity index (χ1n) is 7.90. The summed E-state index contributed by atoms with van der Waals surface area (Å²) >= 11 is 5.84. The highest BCUT2D eigenvalue weighted by atomic mass is 35.5. The van der Waals surface area contributed by atoms with Gasteiger partial charge in [0.1, 0.15) is 22.6 Å². The molecule has 0 amide bonds. The summed E-state index contributed by atoms with van der Waals surface area (Å²) in [7, 11) is 0. The van der Waals surface area contributed by atoms with E-state index in [1.165, 1.54) is 0 Å². The topological polar surface area (TPSA) is 47.0 Å². The number of carbonyl (C=O) groups is 2. The molecule has 3 rings (SSSR count). The number of rotatable bonds is 3. The van der Waals surface area contributed by atoms with Crippen molar-refractivity contribution < 1.29 is 9.59 Å². The maximum absolute atomic E-state index is 12.3. The zero-order valence-corrected chi connectivity index (χ0v) is 13.8. The van der Waals surface area contributed by atoms with Crippen molar-refractivity contribution in [1.29, 1.82) is 0 Å². The van der Waals surface area contributed by atoms with Crippen LogP contribution >= 0.6 is 11.6 Å². The Kier molecular flexibility index (Phi) is 4.58. The molecule has 0 N–H and O–H groups in total. The van der Waals surface area contributed by atoms with Crippen LogP contribution in [0.4, 0.5) is 0 Å². The Balaban J connectivity index is 2.07. The average molecular weight is 328 g/mol. The van der Waals surface area contributed by atoms with Gasteiger partial charge in [0.25, 0.3) is 0 Å². The third-order valence-corrected chi connectivity index (χ3v) is 4.61. The molecule has 1 aromatic heterocycles. The van der Waals surface area contributed by atoms with Crippen molar-refractivity contribution in [2.75, 3.05) is 0 Å². The van der Waals surface area contributed by atoms with Crippen LogP contribution < -0.4 is 0 Å². The highest BCUT2D eigenvalue weighted by Gasteiger charge is 2.32. The van der Waals surface area contributed by atoms with Gasteiger partial charge < -0.3 is 0 Å². The van der Waals surface area contributed by atoms with Gasteiger partial charge in [0.2, 0.25) is 0 Å². The van der Waals surface area contributed by atoms with Crippen molar-refractivity contribution in [3.05, 3.63) is 52.8 Å². The lowest BCUT2D eigenvalue weighted by molar-refractivity contribution is -0.131. The molecule has 23 heavy (non-hydrogen) atoms. The van der Waals surface area contributed by atoms with E-state index in [0.717, 1.165) is 28.7 Å². The minimum absolute atomic E-state index is 0.0438. The van der Waals surface area contributed by atoms with E-state index in [-0.39, 0.29) is 11.6 Å². The molecule has 0 spiro atoms. The molecule has 0 atom stereocenters. The van der Waals surface area contributed by atoms with Crippen molar-refractivity contribution in [2.45, 2.75) is 38.5 Å². The molecular weight excluding hydrogens is 310 g/mol. The van der Waals surface area contributed by atoms with Gasteiger partial charge in [0, 0.05) is 24.6 Å². The van der Waals surface area contributed by atoms with E-state index < -0.39 is 5.92 Å². The zero-order valence-electron chi connectivity index (χ0n) is 13.0. The van der Waals surface area contributed by atoms with Crippen molar-refractivity contribution in [1.82, 2.24) is 4.98 Å². The lowest BCUT2D eigenvalue weighted by Gasteiger charge is -2.22. The summed E-state index contributed by atoms with van der Waals surface area (Å²) in [5, 5.41) is 0.441. The summed E-state index contributed by atoms with van der Waals surface area (Å²) in [5.74, 6) is -0.511. The third-order valence-electron chi connectivity index (χ3n) is 4.39. The van der Waals surface area contributed by atoms with E-state index in [1.807, 2.05) is 31.2 Å². The Morgan fingerprint density at radius 3 is 2.39 bits per heavy atom. The third kappa shape index (κ3) is 3.20. The lowest BCUT2D eigenvalue weighted by Crippen LogP contribution is -2.27. The normalized spacial score (nSPS) is 15.9. The molecule has 0 bridgehead atoms. The first-order chi connectivity index (χ1) is 11.1. The Morgan fingerprint density at radius 1 is 1.09 bits per heavy atom. The van der Waals surface area contributed by atoms with E-state index in [4.69, 9.17) is 11.6 Å². The van der Waals surface area contributed by atoms with Gasteiger partial charge in [0.05, 0.1) is 0 Å². The number of hydrogen-bond donors (Lipinski definition) is 0. The first kappa shape index (κ1) is 15.9. The van der Waals surface area contributed by atoms with Gasteiger partial charge in [-0.1, -0.05) is 30.7 Å².